The minimum atomic E-state index is -2.84. The molecule has 0 amide bonds. The number of hydrogen-bond donors (Lipinski definition) is 1. The highest BCUT2D eigenvalue weighted by Gasteiger charge is 2.15. The molecule has 0 spiro atoms. The normalized spacial score (nSPS) is 12.8. The fraction of sp³-hybridized carbons (Fsp3) is 0.533. The molecule has 0 aliphatic carbocycles. The number of carboxylic acid groups (broad SMARTS) is 1. The van der Waals surface area contributed by atoms with Gasteiger partial charge in [-0.3, -0.25) is 4.79 Å². The zero-order valence-corrected chi connectivity index (χ0v) is 12.7. The summed E-state index contributed by atoms with van der Waals surface area (Å²) in [6.07, 6.45) is 0. The van der Waals surface area contributed by atoms with E-state index in [1.54, 1.807) is 32.9 Å². The minimum absolute atomic E-state index is 0.204. The molecule has 0 aromatic heterocycles. The van der Waals surface area contributed by atoms with Gasteiger partial charge in [-0.2, -0.15) is 8.78 Å². The largest absolute Gasteiger partial charge is 0.481 e. The van der Waals surface area contributed by atoms with Crippen molar-refractivity contribution in [1.82, 2.24) is 4.90 Å². The Hall–Kier alpha value is -1.69. The third-order valence-electron chi connectivity index (χ3n) is 3.19. The van der Waals surface area contributed by atoms with Gasteiger partial charge in [0.05, 0.1) is 5.92 Å². The first-order valence-corrected chi connectivity index (χ1v) is 6.67. The van der Waals surface area contributed by atoms with Gasteiger partial charge in [-0.1, -0.05) is 19.1 Å². The topological polar surface area (TPSA) is 49.8 Å². The van der Waals surface area contributed by atoms with Gasteiger partial charge >= 0.3 is 12.6 Å². The van der Waals surface area contributed by atoms with Gasteiger partial charge in [0, 0.05) is 13.1 Å². The Kier molecular flexibility index (Phi) is 6.08. The maximum absolute atomic E-state index is 12.3. The van der Waals surface area contributed by atoms with E-state index in [0.29, 0.717) is 24.2 Å². The Morgan fingerprint density at radius 1 is 1.33 bits per heavy atom. The second-order valence-corrected chi connectivity index (χ2v) is 5.37. The van der Waals surface area contributed by atoms with E-state index >= 15 is 0 Å². The summed E-state index contributed by atoms with van der Waals surface area (Å²) in [5.41, 5.74) is 2.22. The highest BCUT2D eigenvalue weighted by molar-refractivity contribution is 5.69. The lowest BCUT2D eigenvalue weighted by atomic mass is 10.0. The van der Waals surface area contributed by atoms with Crippen LogP contribution in [0.1, 0.15) is 23.6 Å². The molecule has 1 aromatic rings. The first-order valence-electron chi connectivity index (χ1n) is 6.67. The van der Waals surface area contributed by atoms with E-state index in [2.05, 4.69) is 4.74 Å². The van der Waals surface area contributed by atoms with E-state index in [1.165, 1.54) is 0 Å². The van der Waals surface area contributed by atoms with E-state index < -0.39 is 18.5 Å². The number of ether oxygens (including phenoxy) is 1. The number of hydrogen-bond acceptors (Lipinski definition) is 3. The molecule has 4 nitrogen and oxygen atoms in total. The highest BCUT2D eigenvalue weighted by Crippen LogP contribution is 2.27. The fourth-order valence-electron chi connectivity index (χ4n) is 2.33. The number of carbonyl (C=O) groups is 1. The predicted octanol–water partition coefficient (Wildman–Crippen LogP) is 3.06. The predicted molar refractivity (Wildman–Crippen MR) is 75.7 cm³/mol. The number of aliphatic carboxylic acids is 1. The summed E-state index contributed by atoms with van der Waals surface area (Å²) in [5, 5.41) is 8.89. The lowest BCUT2D eigenvalue weighted by Gasteiger charge is -2.20. The third kappa shape index (κ3) is 5.30. The molecule has 1 atom stereocenters. The number of rotatable bonds is 7. The van der Waals surface area contributed by atoms with E-state index in [0.717, 1.165) is 5.56 Å². The molecule has 0 bridgehead atoms. The summed E-state index contributed by atoms with van der Waals surface area (Å²) in [6, 6.07) is 3.57. The van der Waals surface area contributed by atoms with Crippen molar-refractivity contribution in [3.05, 3.63) is 28.8 Å². The second kappa shape index (κ2) is 7.36. The maximum Gasteiger partial charge on any atom is 0.387 e. The molecule has 0 radical (unpaired) electrons. The molecular weight excluding hydrogens is 280 g/mol. The van der Waals surface area contributed by atoms with Crippen molar-refractivity contribution in [3.8, 4) is 5.75 Å². The van der Waals surface area contributed by atoms with Crippen molar-refractivity contribution < 1.29 is 23.4 Å². The first-order chi connectivity index (χ1) is 9.70. The van der Waals surface area contributed by atoms with Crippen LogP contribution < -0.4 is 4.74 Å². The van der Waals surface area contributed by atoms with Gasteiger partial charge in [-0.25, -0.2) is 0 Å². The molecule has 118 valence electrons. The quantitative estimate of drug-likeness (QED) is 0.841. The molecule has 1 N–H and O–H groups in total. The van der Waals surface area contributed by atoms with Crippen molar-refractivity contribution in [2.45, 2.75) is 33.9 Å². The zero-order chi connectivity index (χ0) is 16.2. The molecule has 0 aliphatic rings. The Morgan fingerprint density at radius 2 is 1.86 bits per heavy atom. The van der Waals surface area contributed by atoms with Gasteiger partial charge in [-0.15, -0.1) is 0 Å². The third-order valence-corrected chi connectivity index (χ3v) is 3.19. The molecule has 1 aromatic carbocycles. The van der Waals surface area contributed by atoms with Crippen LogP contribution in [0.3, 0.4) is 0 Å². The van der Waals surface area contributed by atoms with Crippen LogP contribution in [0.5, 0.6) is 5.75 Å². The average Bonchev–Trinajstić information content (AvgIpc) is 2.33. The van der Waals surface area contributed by atoms with Gasteiger partial charge in [-0.05, 0) is 37.6 Å². The SMILES string of the molecule is Cc1cc(CN(C)CC(C)C(=O)O)cc(C)c1OC(F)F. The maximum atomic E-state index is 12.3. The number of alkyl halides is 2. The van der Waals surface area contributed by atoms with E-state index in [9.17, 15) is 13.6 Å². The van der Waals surface area contributed by atoms with Crippen molar-refractivity contribution in [1.29, 1.82) is 0 Å². The molecule has 0 heterocycles. The van der Waals surface area contributed by atoms with Gasteiger partial charge in [0.2, 0.25) is 0 Å². The number of benzene rings is 1. The second-order valence-electron chi connectivity index (χ2n) is 5.37. The lowest BCUT2D eigenvalue weighted by molar-refractivity contribution is -0.141. The Morgan fingerprint density at radius 3 is 2.29 bits per heavy atom. The van der Waals surface area contributed by atoms with Crippen LogP contribution in [0.25, 0.3) is 0 Å². The van der Waals surface area contributed by atoms with Crippen LogP contribution >= 0.6 is 0 Å². The molecule has 0 aliphatic heterocycles. The first kappa shape index (κ1) is 17.4. The summed E-state index contributed by atoms with van der Waals surface area (Å²) in [4.78, 5) is 12.7. The van der Waals surface area contributed by atoms with E-state index in [-0.39, 0.29) is 5.75 Å². The molecule has 6 heteroatoms. The van der Waals surface area contributed by atoms with Gasteiger partial charge in [0.15, 0.2) is 0 Å². The van der Waals surface area contributed by atoms with Crippen molar-refractivity contribution in [3.63, 3.8) is 0 Å². The van der Waals surface area contributed by atoms with Gasteiger partial charge < -0.3 is 14.7 Å². The van der Waals surface area contributed by atoms with Gasteiger partial charge in [0.1, 0.15) is 5.75 Å². The van der Waals surface area contributed by atoms with Gasteiger partial charge in [0.25, 0.3) is 0 Å². The zero-order valence-electron chi connectivity index (χ0n) is 12.7. The molecule has 1 rings (SSSR count). The molecule has 1 unspecified atom stereocenters. The Labute approximate surface area is 123 Å². The van der Waals surface area contributed by atoms with Crippen LogP contribution in [0.2, 0.25) is 0 Å². The molecular formula is C15H21F2NO3. The summed E-state index contributed by atoms with van der Waals surface area (Å²) in [6.45, 7) is 3.21. The molecule has 0 saturated heterocycles. The number of halogens is 2. The van der Waals surface area contributed by atoms with Crippen LogP contribution in [0.15, 0.2) is 12.1 Å². The Bertz CT molecular complexity index is 483. The average molecular weight is 301 g/mol. The standard InChI is InChI=1S/C15H21F2NO3/c1-9-5-12(6-10(2)13(9)21-15(16)17)8-18(4)7-11(3)14(19)20/h5-6,11,15H,7-8H2,1-4H3,(H,19,20). The molecule has 21 heavy (non-hydrogen) atoms. The number of nitrogens with zero attached hydrogens (tertiary/aromatic N) is 1. The number of aryl methyl sites for hydroxylation is 2. The Balaban J connectivity index is 2.79. The minimum Gasteiger partial charge on any atom is -0.481 e. The van der Waals surface area contributed by atoms with Crippen LogP contribution in [-0.4, -0.2) is 36.2 Å². The smallest absolute Gasteiger partial charge is 0.387 e. The monoisotopic (exact) mass is 301 g/mol. The summed E-state index contributed by atoms with van der Waals surface area (Å²) >= 11 is 0. The summed E-state index contributed by atoms with van der Waals surface area (Å²) in [7, 11) is 1.83. The van der Waals surface area contributed by atoms with Crippen LogP contribution in [0.4, 0.5) is 8.78 Å². The fourth-order valence-corrected chi connectivity index (χ4v) is 2.33. The lowest BCUT2D eigenvalue weighted by Crippen LogP contribution is -2.28. The van der Waals surface area contributed by atoms with Crippen molar-refractivity contribution >= 4 is 5.97 Å². The van der Waals surface area contributed by atoms with E-state index in [1.807, 2.05) is 11.9 Å². The van der Waals surface area contributed by atoms with Crippen LogP contribution in [-0.2, 0) is 11.3 Å². The van der Waals surface area contributed by atoms with Crippen molar-refractivity contribution in [2.24, 2.45) is 5.92 Å². The number of carboxylic acids is 1. The van der Waals surface area contributed by atoms with E-state index in [4.69, 9.17) is 5.11 Å². The van der Waals surface area contributed by atoms with Crippen LogP contribution in [0, 0.1) is 19.8 Å². The van der Waals surface area contributed by atoms with Crippen molar-refractivity contribution in [2.75, 3.05) is 13.6 Å². The highest BCUT2D eigenvalue weighted by atomic mass is 19.3. The summed E-state index contributed by atoms with van der Waals surface area (Å²) in [5.74, 6) is -1.09. The molecule has 0 fully saturated rings. The molecule has 0 saturated carbocycles. The summed E-state index contributed by atoms with van der Waals surface area (Å²) < 4.78 is 29.2.